The topological polar surface area (TPSA) is 94.1 Å². The summed E-state index contributed by atoms with van der Waals surface area (Å²) in [5.74, 6) is 1.34. The minimum Gasteiger partial charge on any atom is -0.390 e. The third-order valence-corrected chi connectivity index (χ3v) is 9.04. The van der Waals surface area contributed by atoms with E-state index in [4.69, 9.17) is 14.7 Å². The molecule has 1 aromatic carbocycles. The van der Waals surface area contributed by atoms with Crippen molar-refractivity contribution in [2.45, 2.75) is 51.2 Å². The molecule has 0 spiro atoms. The van der Waals surface area contributed by atoms with Gasteiger partial charge >= 0.3 is 0 Å². The number of hydrogen-bond acceptors (Lipinski definition) is 7. The van der Waals surface area contributed by atoms with Crippen molar-refractivity contribution in [1.29, 1.82) is 0 Å². The summed E-state index contributed by atoms with van der Waals surface area (Å²) in [6.45, 7) is 7.01. The Balaban J connectivity index is 1.47. The maximum absolute atomic E-state index is 10.6. The monoisotopic (exact) mass is 551 g/mol. The van der Waals surface area contributed by atoms with Crippen molar-refractivity contribution in [3.8, 4) is 11.3 Å². The van der Waals surface area contributed by atoms with Crippen molar-refractivity contribution in [3.63, 3.8) is 0 Å². The van der Waals surface area contributed by atoms with Crippen LogP contribution in [-0.2, 0) is 11.8 Å². The number of nitrogens with zero attached hydrogens (tertiary/aromatic N) is 7. The van der Waals surface area contributed by atoms with Gasteiger partial charge in [0, 0.05) is 50.5 Å². The molecule has 2 fully saturated rings. The van der Waals surface area contributed by atoms with Crippen LogP contribution in [0.1, 0.15) is 49.9 Å². The molecule has 1 N–H and O–H groups in total. The standard InChI is InChI=1S/C32H37N7O2/c1-21-29(37(3)36-35-21)24-19-26-28(33-20-24)25-9-10-27(38-15-13-32(2,40)14-16-38)34-31(25)39(26)30(22-7-5-4-6-8-22)23-11-17-41-18-12-23/h4-10,19-20,23,30,40H,11-18H2,1-3H3/t30-/m1/s1. The predicted molar refractivity (Wildman–Crippen MR) is 160 cm³/mol. The lowest BCUT2D eigenvalue weighted by atomic mass is 9.86. The van der Waals surface area contributed by atoms with Crippen LogP contribution >= 0.6 is 0 Å². The van der Waals surface area contributed by atoms with Gasteiger partial charge in [0.05, 0.1) is 34.1 Å². The number of ether oxygens (including phenoxy) is 1. The van der Waals surface area contributed by atoms with E-state index in [0.717, 1.165) is 96.8 Å². The highest BCUT2D eigenvalue weighted by Gasteiger charge is 2.32. The van der Waals surface area contributed by atoms with Crippen molar-refractivity contribution in [3.05, 3.63) is 66.0 Å². The first kappa shape index (κ1) is 26.1. The van der Waals surface area contributed by atoms with Crippen LogP contribution in [0.25, 0.3) is 33.3 Å². The molecule has 9 nitrogen and oxygen atoms in total. The molecule has 2 aliphatic rings. The fourth-order valence-electron chi connectivity index (χ4n) is 6.74. The van der Waals surface area contributed by atoms with Crippen molar-refractivity contribution in [2.75, 3.05) is 31.2 Å². The third-order valence-electron chi connectivity index (χ3n) is 9.04. The summed E-state index contributed by atoms with van der Waals surface area (Å²) in [5, 5.41) is 20.2. The zero-order valence-electron chi connectivity index (χ0n) is 24.0. The van der Waals surface area contributed by atoms with Gasteiger partial charge in [-0.1, -0.05) is 35.5 Å². The number of piperidine rings is 1. The maximum Gasteiger partial charge on any atom is 0.145 e. The molecule has 41 heavy (non-hydrogen) atoms. The van der Waals surface area contributed by atoms with Gasteiger partial charge in [-0.25, -0.2) is 9.67 Å². The molecule has 7 rings (SSSR count). The first-order valence-electron chi connectivity index (χ1n) is 14.7. The van der Waals surface area contributed by atoms with Crippen LogP contribution in [0.5, 0.6) is 0 Å². The van der Waals surface area contributed by atoms with Gasteiger partial charge in [0.1, 0.15) is 11.5 Å². The Hall–Kier alpha value is -3.82. The molecule has 0 amide bonds. The highest BCUT2D eigenvalue weighted by molar-refractivity contribution is 6.05. The normalized spacial score (nSPS) is 18.8. The second-order valence-corrected chi connectivity index (χ2v) is 11.9. The Morgan fingerprint density at radius 2 is 1.80 bits per heavy atom. The minimum absolute atomic E-state index is 0.0766. The highest BCUT2D eigenvalue weighted by Crippen LogP contribution is 2.41. The van der Waals surface area contributed by atoms with E-state index in [1.54, 1.807) is 0 Å². The number of hydrogen-bond donors (Lipinski definition) is 1. The van der Waals surface area contributed by atoms with Crippen LogP contribution in [0.3, 0.4) is 0 Å². The van der Waals surface area contributed by atoms with Crippen LogP contribution in [0.4, 0.5) is 5.82 Å². The van der Waals surface area contributed by atoms with Crippen molar-refractivity contribution in [2.24, 2.45) is 13.0 Å². The molecule has 6 heterocycles. The number of pyridine rings is 2. The van der Waals surface area contributed by atoms with Crippen LogP contribution in [-0.4, -0.2) is 66.5 Å². The zero-order chi connectivity index (χ0) is 28.1. The van der Waals surface area contributed by atoms with E-state index in [9.17, 15) is 5.11 Å². The number of aryl methyl sites for hydroxylation is 2. The summed E-state index contributed by atoms with van der Waals surface area (Å²) in [7, 11) is 1.92. The number of benzene rings is 1. The lowest BCUT2D eigenvalue weighted by Crippen LogP contribution is -2.42. The van der Waals surface area contributed by atoms with Crippen molar-refractivity contribution < 1.29 is 9.84 Å². The highest BCUT2D eigenvalue weighted by atomic mass is 16.5. The largest absolute Gasteiger partial charge is 0.390 e. The average Bonchev–Trinajstić information content (AvgIpc) is 3.49. The number of rotatable bonds is 5. The van der Waals surface area contributed by atoms with E-state index in [1.165, 1.54) is 5.56 Å². The van der Waals surface area contributed by atoms with Gasteiger partial charge in [0.15, 0.2) is 0 Å². The van der Waals surface area contributed by atoms with Crippen molar-refractivity contribution >= 4 is 27.9 Å². The molecule has 0 unspecified atom stereocenters. The molecule has 9 heteroatoms. The molecule has 1 atom stereocenters. The van der Waals surface area contributed by atoms with Gasteiger partial charge in [-0.15, -0.1) is 5.10 Å². The Bertz CT molecular complexity index is 1670. The molecular weight excluding hydrogens is 514 g/mol. The van der Waals surface area contributed by atoms with E-state index in [0.29, 0.717) is 5.92 Å². The number of aliphatic hydroxyl groups is 1. The molecule has 2 aliphatic heterocycles. The SMILES string of the molecule is Cc1nnn(C)c1-c1cnc2c3ccc(N4CCC(C)(O)CC4)nc3n([C@H](c3ccccc3)C3CCOCC3)c2c1. The fourth-order valence-corrected chi connectivity index (χ4v) is 6.74. The first-order valence-corrected chi connectivity index (χ1v) is 14.7. The molecule has 0 bridgehead atoms. The smallest absolute Gasteiger partial charge is 0.145 e. The van der Waals surface area contributed by atoms with Gasteiger partial charge < -0.3 is 19.3 Å². The number of aromatic nitrogens is 6. The number of fused-ring (bicyclic) bond motifs is 3. The Morgan fingerprint density at radius 1 is 1.05 bits per heavy atom. The Morgan fingerprint density at radius 3 is 2.51 bits per heavy atom. The van der Waals surface area contributed by atoms with Crippen molar-refractivity contribution in [1.82, 2.24) is 29.5 Å². The average molecular weight is 552 g/mol. The molecule has 5 aromatic rings. The summed E-state index contributed by atoms with van der Waals surface area (Å²) < 4.78 is 10.1. The summed E-state index contributed by atoms with van der Waals surface area (Å²) in [5.41, 5.74) is 6.44. The van der Waals surface area contributed by atoms with Gasteiger partial charge in [0.2, 0.25) is 0 Å². The minimum atomic E-state index is -0.615. The first-order chi connectivity index (χ1) is 19.9. The van der Waals surface area contributed by atoms with E-state index in [-0.39, 0.29) is 6.04 Å². The molecule has 212 valence electrons. The summed E-state index contributed by atoms with van der Waals surface area (Å²) >= 11 is 0. The van der Waals surface area contributed by atoms with Crippen LogP contribution < -0.4 is 4.90 Å². The summed E-state index contributed by atoms with van der Waals surface area (Å²) in [4.78, 5) is 12.7. The molecular formula is C32H37N7O2. The zero-order valence-corrected chi connectivity index (χ0v) is 24.0. The van der Waals surface area contributed by atoms with Crippen LogP contribution in [0.15, 0.2) is 54.7 Å². The van der Waals surface area contributed by atoms with E-state index < -0.39 is 5.60 Å². The van der Waals surface area contributed by atoms with Gasteiger partial charge in [0.25, 0.3) is 0 Å². The number of anilines is 1. The quantitative estimate of drug-likeness (QED) is 0.326. The Kier molecular flexibility index (Phi) is 6.51. The van der Waals surface area contributed by atoms with E-state index in [1.807, 2.05) is 31.8 Å². The van der Waals surface area contributed by atoms with Gasteiger partial charge in [-0.05, 0) is 69.2 Å². The van der Waals surface area contributed by atoms with Crippen LogP contribution in [0, 0.1) is 12.8 Å². The third kappa shape index (κ3) is 4.67. The molecule has 0 saturated carbocycles. The van der Waals surface area contributed by atoms with E-state index in [2.05, 4.69) is 68.3 Å². The van der Waals surface area contributed by atoms with Gasteiger partial charge in [-0.3, -0.25) is 4.98 Å². The predicted octanol–water partition coefficient (Wildman–Crippen LogP) is 5.06. The molecule has 0 aliphatic carbocycles. The lowest BCUT2D eigenvalue weighted by Gasteiger charge is -2.36. The van der Waals surface area contributed by atoms with Gasteiger partial charge in [-0.2, -0.15) is 0 Å². The lowest BCUT2D eigenvalue weighted by molar-refractivity contribution is 0.0350. The molecule has 2 saturated heterocycles. The Labute approximate surface area is 239 Å². The summed E-state index contributed by atoms with van der Waals surface area (Å²) in [6.07, 6.45) is 5.37. The fraction of sp³-hybridized carbons (Fsp3) is 0.438. The summed E-state index contributed by atoms with van der Waals surface area (Å²) in [6, 6.07) is 17.4. The second kappa shape index (κ2) is 10.2. The van der Waals surface area contributed by atoms with Crippen LogP contribution in [0.2, 0.25) is 0 Å². The maximum atomic E-state index is 10.6. The molecule has 0 radical (unpaired) electrons. The molecule has 4 aromatic heterocycles. The van der Waals surface area contributed by atoms with E-state index >= 15 is 0 Å². The second-order valence-electron chi connectivity index (χ2n) is 11.9.